The van der Waals surface area contributed by atoms with Crippen LogP contribution in [0.15, 0.2) is 18.2 Å². The molecule has 0 aromatic heterocycles. The summed E-state index contributed by atoms with van der Waals surface area (Å²) in [5.74, 6) is 0.711. The summed E-state index contributed by atoms with van der Waals surface area (Å²) in [5.41, 5.74) is 14.2. The molecule has 0 atom stereocenters. The molecule has 3 heteroatoms. The lowest BCUT2D eigenvalue weighted by atomic mass is 10.0. The molecule has 0 radical (unpaired) electrons. The molecule has 74 valence electrons. The van der Waals surface area contributed by atoms with Gasteiger partial charge in [0.15, 0.2) is 0 Å². The summed E-state index contributed by atoms with van der Waals surface area (Å²) >= 11 is 0. The first-order chi connectivity index (χ1) is 6.66. The Kier molecular flexibility index (Phi) is 2.15. The van der Waals surface area contributed by atoms with E-state index in [0.717, 1.165) is 12.0 Å². The van der Waals surface area contributed by atoms with Gasteiger partial charge in [-0.2, -0.15) is 0 Å². The fourth-order valence-electron chi connectivity index (χ4n) is 1.56. The number of hydrogen-bond acceptors (Lipinski definition) is 3. The molecule has 1 aliphatic rings. The van der Waals surface area contributed by atoms with Crippen LogP contribution in [0.2, 0.25) is 0 Å². The van der Waals surface area contributed by atoms with Gasteiger partial charge in [-0.15, -0.1) is 0 Å². The van der Waals surface area contributed by atoms with Crippen molar-refractivity contribution in [3.05, 3.63) is 23.8 Å². The van der Waals surface area contributed by atoms with Gasteiger partial charge in [0.05, 0.1) is 0 Å². The van der Waals surface area contributed by atoms with Crippen LogP contribution < -0.4 is 11.5 Å². The van der Waals surface area contributed by atoms with Gasteiger partial charge in [-0.05, 0) is 43.4 Å². The number of hydrogen-bond donors (Lipinski definition) is 3. The summed E-state index contributed by atoms with van der Waals surface area (Å²) in [5, 5.41) is 7.90. The molecular formula is C11H15N3. The lowest BCUT2D eigenvalue weighted by Crippen LogP contribution is -2.05. The summed E-state index contributed by atoms with van der Waals surface area (Å²) in [7, 11) is 0. The molecule has 3 nitrogen and oxygen atoms in total. The summed E-state index contributed by atoms with van der Waals surface area (Å²) in [4.78, 5) is 0. The van der Waals surface area contributed by atoms with Gasteiger partial charge in [0, 0.05) is 22.6 Å². The van der Waals surface area contributed by atoms with Crippen LogP contribution in [-0.2, 0) is 0 Å². The molecule has 2 rings (SSSR count). The molecule has 0 amide bonds. The van der Waals surface area contributed by atoms with Crippen molar-refractivity contribution in [2.45, 2.75) is 19.3 Å². The third-order valence-corrected chi connectivity index (χ3v) is 2.59. The Hall–Kier alpha value is -1.51. The fraction of sp³-hybridized carbons (Fsp3) is 0.364. The van der Waals surface area contributed by atoms with Crippen molar-refractivity contribution in [3.8, 4) is 0 Å². The molecule has 0 unspecified atom stereocenters. The number of anilines is 2. The van der Waals surface area contributed by atoms with Gasteiger partial charge in [0.25, 0.3) is 0 Å². The first-order valence-electron chi connectivity index (χ1n) is 4.89. The average Bonchev–Trinajstić information content (AvgIpc) is 2.93. The fourth-order valence-corrected chi connectivity index (χ4v) is 1.56. The lowest BCUT2D eigenvalue weighted by molar-refractivity contribution is 0.890. The van der Waals surface area contributed by atoms with E-state index in [1.165, 1.54) is 12.8 Å². The maximum Gasteiger partial charge on any atom is 0.0410 e. The van der Waals surface area contributed by atoms with Crippen molar-refractivity contribution < 1.29 is 0 Å². The Morgan fingerprint density at radius 2 is 2.07 bits per heavy atom. The Labute approximate surface area is 83.6 Å². The number of nitrogens with one attached hydrogen (secondary N) is 1. The molecule has 0 saturated heterocycles. The standard InChI is InChI=1S/C11H15N3/c12-8-3-4-10(13)9(6-8)11(14)5-7-1-2-7/h3-4,6-7,14H,1-2,5,12-13H2. The molecule has 1 aromatic rings. The maximum atomic E-state index is 7.90. The van der Waals surface area contributed by atoms with Crippen molar-refractivity contribution in [2.24, 2.45) is 5.92 Å². The van der Waals surface area contributed by atoms with E-state index in [9.17, 15) is 0 Å². The van der Waals surface area contributed by atoms with Crippen molar-refractivity contribution in [1.29, 1.82) is 5.41 Å². The normalized spacial score (nSPS) is 15.4. The molecule has 0 spiro atoms. The highest BCUT2D eigenvalue weighted by Gasteiger charge is 2.23. The third kappa shape index (κ3) is 1.87. The Morgan fingerprint density at radius 3 is 2.71 bits per heavy atom. The number of rotatable bonds is 3. The van der Waals surface area contributed by atoms with Crippen molar-refractivity contribution in [1.82, 2.24) is 0 Å². The second-order valence-corrected chi connectivity index (χ2v) is 3.97. The topological polar surface area (TPSA) is 75.9 Å². The van der Waals surface area contributed by atoms with E-state index in [0.29, 0.717) is 23.0 Å². The van der Waals surface area contributed by atoms with Crippen LogP contribution in [0.1, 0.15) is 24.8 Å². The predicted octanol–water partition coefficient (Wildman–Crippen LogP) is 2.02. The quantitative estimate of drug-likeness (QED) is 0.502. The second-order valence-electron chi connectivity index (χ2n) is 3.97. The molecule has 0 heterocycles. The smallest absolute Gasteiger partial charge is 0.0410 e. The van der Waals surface area contributed by atoms with E-state index in [4.69, 9.17) is 16.9 Å². The first kappa shape index (κ1) is 9.06. The summed E-state index contributed by atoms with van der Waals surface area (Å²) in [6, 6.07) is 5.33. The first-order valence-corrected chi connectivity index (χ1v) is 4.89. The molecule has 1 saturated carbocycles. The van der Waals surface area contributed by atoms with E-state index in [1.54, 1.807) is 18.2 Å². The molecule has 14 heavy (non-hydrogen) atoms. The van der Waals surface area contributed by atoms with Crippen molar-refractivity contribution in [2.75, 3.05) is 11.5 Å². The van der Waals surface area contributed by atoms with Gasteiger partial charge in [-0.25, -0.2) is 0 Å². The Bertz CT molecular complexity index is 367. The van der Waals surface area contributed by atoms with Gasteiger partial charge >= 0.3 is 0 Å². The molecule has 1 fully saturated rings. The molecule has 1 aromatic carbocycles. The monoisotopic (exact) mass is 189 g/mol. The van der Waals surface area contributed by atoms with Crippen LogP contribution in [0, 0.1) is 11.3 Å². The van der Waals surface area contributed by atoms with Crippen LogP contribution in [0.25, 0.3) is 0 Å². The molecule has 1 aliphatic carbocycles. The Morgan fingerprint density at radius 1 is 1.36 bits per heavy atom. The van der Waals surface area contributed by atoms with Gasteiger partial charge in [-0.1, -0.05) is 0 Å². The Balaban J connectivity index is 2.20. The van der Waals surface area contributed by atoms with Gasteiger partial charge in [0.2, 0.25) is 0 Å². The highest BCUT2D eigenvalue weighted by molar-refractivity contribution is 6.03. The third-order valence-electron chi connectivity index (χ3n) is 2.59. The predicted molar refractivity (Wildman–Crippen MR) is 59.4 cm³/mol. The van der Waals surface area contributed by atoms with E-state index in [-0.39, 0.29) is 0 Å². The number of nitrogens with two attached hydrogens (primary N) is 2. The summed E-state index contributed by atoms with van der Waals surface area (Å²) < 4.78 is 0. The van der Waals surface area contributed by atoms with Crippen LogP contribution in [0.5, 0.6) is 0 Å². The van der Waals surface area contributed by atoms with Crippen LogP contribution >= 0.6 is 0 Å². The minimum atomic E-state index is 0.623. The van der Waals surface area contributed by atoms with Gasteiger partial charge in [0.1, 0.15) is 0 Å². The van der Waals surface area contributed by atoms with Crippen LogP contribution in [0.3, 0.4) is 0 Å². The lowest BCUT2D eigenvalue weighted by Gasteiger charge is -2.07. The minimum absolute atomic E-state index is 0.623. The van der Waals surface area contributed by atoms with Gasteiger partial charge in [-0.3, -0.25) is 0 Å². The van der Waals surface area contributed by atoms with E-state index in [1.807, 2.05) is 0 Å². The van der Waals surface area contributed by atoms with Crippen molar-refractivity contribution in [3.63, 3.8) is 0 Å². The molecule has 0 bridgehead atoms. The number of nitrogen functional groups attached to an aromatic ring is 2. The zero-order valence-electron chi connectivity index (χ0n) is 8.09. The minimum Gasteiger partial charge on any atom is -0.399 e. The zero-order chi connectivity index (χ0) is 10.1. The molecule has 5 N–H and O–H groups in total. The highest BCUT2D eigenvalue weighted by atomic mass is 14.6. The van der Waals surface area contributed by atoms with E-state index in [2.05, 4.69) is 0 Å². The summed E-state index contributed by atoms with van der Waals surface area (Å²) in [6.07, 6.45) is 3.35. The SMILES string of the molecule is N=C(CC1CC1)c1cc(N)ccc1N. The summed E-state index contributed by atoms with van der Waals surface area (Å²) in [6.45, 7) is 0. The molecular weight excluding hydrogens is 174 g/mol. The van der Waals surface area contributed by atoms with E-state index < -0.39 is 0 Å². The van der Waals surface area contributed by atoms with Crippen LogP contribution in [0.4, 0.5) is 11.4 Å². The van der Waals surface area contributed by atoms with Crippen molar-refractivity contribution >= 4 is 17.1 Å². The largest absolute Gasteiger partial charge is 0.399 e. The zero-order valence-corrected chi connectivity index (χ0v) is 8.09. The van der Waals surface area contributed by atoms with Gasteiger partial charge < -0.3 is 16.9 Å². The maximum absolute atomic E-state index is 7.90. The average molecular weight is 189 g/mol. The van der Waals surface area contributed by atoms with E-state index >= 15 is 0 Å². The second kappa shape index (κ2) is 3.33. The molecule has 0 aliphatic heterocycles. The van der Waals surface area contributed by atoms with Crippen LogP contribution in [-0.4, -0.2) is 5.71 Å². The highest BCUT2D eigenvalue weighted by Crippen LogP contribution is 2.34. The number of benzene rings is 1.